The minimum atomic E-state index is 0.661. The van der Waals surface area contributed by atoms with Crippen molar-refractivity contribution in [1.29, 1.82) is 0 Å². The van der Waals surface area contributed by atoms with Crippen molar-refractivity contribution in [3.05, 3.63) is 76.0 Å². The van der Waals surface area contributed by atoms with E-state index in [-0.39, 0.29) is 0 Å². The summed E-state index contributed by atoms with van der Waals surface area (Å²) >= 11 is 6.02. The molecule has 0 aromatic heterocycles. The first-order valence-electron chi connectivity index (χ1n) is 9.92. The summed E-state index contributed by atoms with van der Waals surface area (Å²) in [5.74, 6) is 0. The molecular weight excluding hydrogens is 354 g/mol. The zero-order chi connectivity index (χ0) is 18.4. The molecule has 3 aliphatic heterocycles. The van der Waals surface area contributed by atoms with Gasteiger partial charge in [-0.1, -0.05) is 29.8 Å². The van der Waals surface area contributed by atoms with Crippen LogP contribution in [-0.4, -0.2) is 35.5 Å². The number of hydrogen-bond donors (Lipinski definition) is 0. The quantitative estimate of drug-likeness (QED) is 0.773. The van der Waals surface area contributed by atoms with Crippen LogP contribution in [-0.2, 0) is 19.6 Å². The third kappa shape index (κ3) is 3.35. The number of halogens is 1. The van der Waals surface area contributed by atoms with E-state index in [1.54, 1.807) is 0 Å². The maximum Gasteiger partial charge on any atom is 0.0495 e. The number of fused-ring (bicyclic) bond motifs is 2. The molecule has 0 bridgehead atoms. The lowest BCUT2D eigenvalue weighted by molar-refractivity contribution is 0.271. The molecule has 0 amide bonds. The minimum Gasteiger partial charge on any atom is -0.371 e. The van der Waals surface area contributed by atoms with Crippen LogP contribution in [0.4, 0.5) is 5.69 Å². The number of aryl methyl sites for hydroxylation is 1. The van der Waals surface area contributed by atoms with Gasteiger partial charge in [-0.05, 0) is 66.1 Å². The molecule has 1 atom stereocenters. The predicted octanol–water partition coefficient (Wildman–Crippen LogP) is 4.57. The largest absolute Gasteiger partial charge is 0.371 e. The van der Waals surface area contributed by atoms with Gasteiger partial charge in [0.15, 0.2) is 0 Å². The van der Waals surface area contributed by atoms with E-state index in [2.05, 4.69) is 58.2 Å². The molecule has 1 saturated heterocycles. The summed E-state index contributed by atoms with van der Waals surface area (Å²) in [6, 6.07) is 13.8. The molecule has 2 aromatic rings. The van der Waals surface area contributed by atoms with Gasteiger partial charge in [-0.3, -0.25) is 4.90 Å². The zero-order valence-electron chi connectivity index (χ0n) is 15.9. The molecule has 1 unspecified atom stereocenters. The number of nitrogens with zero attached hydrogens (tertiary/aromatic N) is 3. The van der Waals surface area contributed by atoms with Crippen molar-refractivity contribution in [1.82, 2.24) is 9.80 Å². The Hall–Kier alpha value is -1.97. The number of benzene rings is 2. The first-order chi connectivity index (χ1) is 13.2. The lowest BCUT2D eigenvalue weighted by Crippen LogP contribution is -2.49. The molecule has 0 spiro atoms. The van der Waals surface area contributed by atoms with Gasteiger partial charge < -0.3 is 9.80 Å². The average Bonchev–Trinajstić information content (AvgIpc) is 3.29. The highest BCUT2D eigenvalue weighted by atomic mass is 35.5. The van der Waals surface area contributed by atoms with Gasteiger partial charge in [-0.2, -0.15) is 0 Å². The van der Waals surface area contributed by atoms with Crippen molar-refractivity contribution >= 4 is 17.3 Å². The number of piperazine rings is 1. The van der Waals surface area contributed by atoms with Crippen LogP contribution < -0.4 is 4.90 Å². The first kappa shape index (κ1) is 17.2. The van der Waals surface area contributed by atoms with Gasteiger partial charge in [0.1, 0.15) is 0 Å². The van der Waals surface area contributed by atoms with E-state index in [9.17, 15) is 0 Å². The summed E-state index contributed by atoms with van der Waals surface area (Å²) in [5, 5.41) is 0.807. The minimum absolute atomic E-state index is 0.661. The Kier molecular flexibility index (Phi) is 4.37. The maximum atomic E-state index is 6.02. The molecule has 0 radical (unpaired) electrons. The van der Waals surface area contributed by atoms with Gasteiger partial charge >= 0.3 is 0 Å². The van der Waals surface area contributed by atoms with Crippen molar-refractivity contribution in [3.63, 3.8) is 0 Å². The number of rotatable bonds is 3. The van der Waals surface area contributed by atoms with E-state index in [1.165, 1.54) is 34.4 Å². The second-order valence-electron chi connectivity index (χ2n) is 8.13. The second kappa shape index (κ2) is 6.88. The normalized spacial score (nSPS) is 21.6. The Labute approximate surface area is 166 Å². The van der Waals surface area contributed by atoms with Crippen LogP contribution in [0.1, 0.15) is 28.7 Å². The van der Waals surface area contributed by atoms with Gasteiger partial charge in [0.2, 0.25) is 0 Å². The van der Waals surface area contributed by atoms with Crippen LogP contribution in [0.3, 0.4) is 0 Å². The summed E-state index contributed by atoms with van der Waals surface area (Å²) < 4.78 is 0. The molecule has 5 rings (SSSR count). The van der Waals surface area contributed by atoms with Crippen molar-refractivity contribution < 1.29 is 0 Å². The smallest absolute Gasteiger partial charge is 0.0495 e. The first-order valence-corrected chi connectivity index (χ1v) is 10.3. The molecule has 27 heavy (non-hydrogen) atoms. The highest BCUT2D eigenvalue weighted by molar-refractivity contribution is 6.30. The van der Waals surface area contributed by atoms with Gasteiger partial charge in [-0.25, -0.2) is 0 Å². The van der Waals surface area contributed by atoms with Crippen molar-refractivity contribution in [3.8, 4) is 0 Å². The van der Waals surface area contributed by atoms with E-state index in [0.29, 0.717) is 6.04 Å². The average molecular weight is 380 g/mol. The van der Waals surface area contributed by atoms with Crippen molar-refractivity contribution in [2.24, 2.45) is 0 Å². The van der Waals surface area contributed by atoms with Crippen LogP contribution in [0.5, 0.6) is 0 Å². The van der Waals surface area contributed by atoms with Crippen LogP contribution in [0.2, 0.25) is 5.02 Å². The number of anilines is 1. The van der Waals surface area contributed by atoms with Crippen LogP contribution >= 0.6 is 11.6 Å². The van der Waals surface area contributed by atoms with Gasteiger partial charge in [0, 0.05) is 56.0 Å². The molecule has 2 aromatic carbocycles. The molecule has 3 heterocycles. The standard InChI is InChI=1S/C23H26ClN3/c1-17-11-22(27-10-9-26-8-2-3-21(26)15-27)12-19-14-25(16-23(17)19)13-18-4-6-20(24)7-5-18/h2,4-8,11-12,21H,3,9-10,13-16H2,1H3. The van der Waals surface area contributed by atoms with Crippen LogP contribution in [0.15, 0.2) is 48.7 Å². The molecule has 1 fully saturated rings. The predicted molar refractivity (Wildman–Crippen MR) is 112 cm³/mol. The molecule has 3 aliphatic rings. The lowest BCUT2D eigenvalue weighted by Gasteiger charge is -2.39. The highest BCUT2D eigenvalue weighted by Crippen LogP contribution is 2.33. The monoisotopic (exact) mass is 379 g/mol. The van der Waals surface area contributed by atoms with E-state index in [1.807, 2.05) is 12.1 Å². The number of hydrogen-bond acceptors (Lipinski definition) is 3. The van der Waals surface area contributed by atoms with E-state index >= 15 is 0 Å². The summed E-state index contributed by atoms with van der Waals surface area (Å²) in [6.07, 6.45) is 5.79. The summed E-state index contributed by atoms with van der Waals surface area (Å²) in [4.78, 5) is 7.62. The molecule has 0 N–H and O–H groups in total. The second-order valence-corrected chi connectivity index (χ2v) is 8.57. The summed E-state index contributed by atoms with van der Waals surface area (Å²) in [5.41, 5.74) is 7.20. The van der Waals surface area contributed by atoms with Crippen molar-refractivity contribution in [2.75, 3.05) is 24.5 Å². The van der Waals surface area contributed by atoms with E-state index in [0.717, 1.165) is 44.3 Å². The lowest BCUT2D eigenvalue weighted by atomic mass is 10.0. The Morgan fingerprint density at radius 3 is 2.78 bits per heavy atom. The third-order valence-electron chi connectivity index (χ3n) is 6.24. The van der Waals surface area contributed by atoms with Crippen LogP contribution in [0.25, 0.3) is 0 Å². The highest BCUT2D eigenvalue weighted by Gasteiger charge is 2.28. The summed E-state index contributed by atoms with van der Waals surface area (Å²) in [7, 11) is 0. The molecule has 140 valence electrons. The Balaban J connectivity index is 1.32. The fourth-order valence-corrected chi connectivity index (χ4v) is 4.89. The molecule has 4 heteroatoms. The molecular formula is C23H26ClN3. The maximum absolute atomic E-state index is 6.02. The van der Waals surface area contributed by atoms with Gasteiger partial charge in [0.25, 0.3) is 0 Å². The van der Waals surface area contributed by atoms with E-state index in [4.69, 9.17) is 11.6 Å². The van der Waals surface area contributed by atoms with E-state index < -0.39 is 0 Å². The van der Waals surface area contributed by atoms with Crippen molar-refractivity contribution in [2.45, 2.75) is 39.0 Å². The van der Waals surface area contributed by atoms with Crippen LogP contribution in [0, 0.1) is 6.92 Å². The topological polar surface area (TPSA) is 9.72 Å². The van der Waals surface area contributed by atoms with Gasteiger partial charge in [-0.15, -0.1) is 0 Å². The zero-order valence-corrected chi connectivity index (χ0v) is 16.6. The fourth-order valence-electron chi connectivity index (χ4n) is 4.76. The van der Waals surface area contributed by atoms with Gasteiger partial charge in [0.05, 0.1) is 0 Å². The Morgan fingerprint density at radius 1 is 1.07 bits per heavy atom. The molecule has 0 saturated carbocycles. The molecule has 0 aliphatic carbocycles. The SMILES string of the molecule is Cc1cc(N2CCN3C=CCC3C2)cc2c1CN(Cc1ccc(Cl)cc1)C2. The summed E-state index contributed by atoms with van der Waals surface area (Å²) in [6.45, 7) is 8.74. The Morgan fingerprint density at radius 2 is 1.93 bits per heavy atom. The third-order valence-corrected chi connectivity index (χ3v) is 6.50. The molecule has 3 nitrogen and oxygen atoms in total. The fraction of sp³-hybridized carbons (Fsp3) is 0.391. The Bertz CT molecular complexity index is 874.